The van der Waals surface area contributed by atoms with Crippen molar-refractivity contribution in [3.63, 3.8) is 0 Å². The summed E-state index contributed by atoms with van der Waals surface area (Å²) >= 11 is 0. The van der Waals surface area contributed by atoms with E-state index in [-0.39, 0.29) is 96.8 Å². The number of benzene rings is 9. The van der Waals surface area contributed by atoms with Crippen LogP contribution in [0.4, 0.5) is 22.7 Å². The van der Waals surface area contributed by atoms with Gasteiger partial charge in [0.25, 0.3) is 0 Å². The summed E-state index contributed by atoms with van der Waals surface area (Å²) in [6, 6.07) is 44.2. The summed E-state index contributed by atoms with van der Waals surface area (Å²) in [5, 5.41) is 0.673. The van der Waals surface area contributed by atoms with Gasteiger partial charge in [-0.05, 0) is 137 Å². The van der Waals surface area contributed by atoms with E-state index in [4.69, 9.17) is 19.3 Å². The topological polar surface area (TPSA) is 33.5 Å². The van der Waals surface area contributed by atoms with E-state index in [9.17, 15) is 6.85 Å². The number of hydrogen-bond donors (Lipinski definition) is 0. The van der Waals surface area contributed by atoms with E-state index in [1.807, 2.05) is 62.7 Å². The van der Waals surface area contributed by atoms with E-state index in [0.29, 0.717) is 44.6 Å². The van der Waals surface area contributed by atoms with Crippen LogP contribution in [0.25, 0.3) is 72.1 Å². The van der Waals surface area contributed by atoms with Crippen LogP contribution in [0.3, 0.4) is 0 Å². The van der Waals surface area contributed by atoms with Gasteiger partial charge in [0, 0.05) is 78.0 Å². The van der Waals surface area contributed by atoms with Gasteiger partial charge in [-0.3, -0.25) is 0 Å². The van der Waals surface area contributed by atoms with Gasteiger partial charge in [-0.25, -0.2) is 4.98 Å². The van der Waals surface area contributed by atoms with Gasteiger partial charge in [0.1, 0.15) is 5.82 Å². The van der Waals surface area contributed by atoms with Crippen LogP contribution < -0.4 is 14.5 Å². The molecule has 0 N–H and O–H groups in total. The van der Waals surface area contributed by atoms with Crippen molar-refractivity contribution in [1.29, 1.82) is 0 Å². The number of ether oxygens (including phenoxy) is 1. The Hall–Kier alpha value is -7.98. The molecular formula is C80H77N4OPt-3. The predicted molar refractivity (Wildman–Crippen MR) is 357 cm³/mol. The minimum absolute atomic E-state index is 0. The molecule has 2 aliphatic rings. The van der Waals surface area contributed by atoms with Crippen LogP contribution >= 0.6 is 0 Å². The van der Waals surface area contributed by atoms with Gasteiger partial charge in [0.2, 0.25) is 0 Å². The molecule has 0 bridgehead atoms. The van der Waals surface area contributed by atoms with Gasteiger partial charge >= 0.3 is 0 Å². The van der Waals surface area contributed by atoms with Gasteiger partial charge in [-0.15, -0.1) is 48.1 Å². The first-order chi connectivity index (χ1) is 45.5. The Balaban J connectivity index is 0.00000914. The molecule has 436 valence electrons. The van der Waals surface area contributed by atoms with E-state index in [2.05, 4.69) is 153 Å². The first-order valence-electron chi connectivity index (χ1n) is 35.3. The number of rotatable bonds is 9. The molecule has 0 amide bonds. The normalized spacial score (nSPS) is 16.7. The monoisotopic (exact) mass is 1320 g/mol. The zero-order valence-corrected chi connectivity index (χ0v) is 53.4. The summed E-state index contributed by atoms with van der Waals surface area (Å²) in [7, 11) is 0. The molecule has 0 saturated heterocycles. The molecule has 0 radical (unpaired) electrons. The van der Waals surface area contributed by atoms with Crippen molar-refractivity contribution in [1.82, 2.24) is 9.55 Å². The number of nitrogens with zero attached hydrogens (tertiary/aromatic N) is 4. The molecule has 86 heavy (non-hydrogen) atoms. The van der Waals surface area contributed by atoms with E-state index in [0.717, 1.165) is 68.8 Å². The predicted octanol–water partition coefficient (Wildman–Crippen LogP) is 21.9. The minimum atomic E-state index is -0.703. The molecule has 0 unspecified atom stereocenters. The van der Waals surface area contributed by atoms with Crippen molar-refractivity contribution in [3.05, 3.63) is 247 Å². The van der Waals surface area contributed by atoms with Crippen LogP contribution in [-0.4, -0.2) is 9.55 Å². The third-order valence-corrected chi connectivity index (χ3v) is 17.1. The quantitative estimate of drug-likeness (QED) is 0.135. The smallest absolute Gasteiger partial charge is 0.135 e. The average Bonchev–Trinajstić information content (AvgIpc) is 1.26. The Kier molecular flexibility index (Phi) is 11.5. The van der Waals surface area contributed by atoms with Gasteiger partial charge in [0.15, 0.2) is 0 Å². The van der Waals surface area contributed by atoms with Gasteiger partial charge in [-0.1, -0.05) is 223 Å². The molecule has 6 heteroatoms. The second kappa shape index (κ2) is 21.8. The molecule has 2 aromatic heterocycles. The molecule has 1 aliphatic heterocycles. The summed E-state index contributed by atoms with van der Waals surface area (Å²) in [6.07, 6.45) is 3.11. The number of pyridine rings is 1. The summed E-state index contributed by atoms with van der Waals surface area (Å²) in [6.45, 7) is 29.6. The first kappa shape index (κ1) is 45.4. The Morgan fingerprint density at radius 1 is 0.523 bits per heavy atom. The molecule has 13 rings (SSSR count). The number of aromatic nitrogens is 2. The molecule has 9 aromatic carbocycles. The van der Waals surface area contributed by atoms with E-state index in [1.165, 1.54) is 11.8 Å². The van der Waals surface area contributed by atoms with Crippen molar-refractivity contribution in [3.8, 4) is 61.8 Å². The van der Waals surface area contributed by atoms with Crippen LogP contribution in [-0.2, 0) is 48.1 Å². The van der Waals surface area contributed by atoms with Crippen molar-refractivity contribution < 1.29 is 42.3 Å². The Bertz CT molecular complexity index is 5070. The summed E-state index contributed by atoms with van der Waals surface area (Å²) in [4.78, 5) is 9.05. The molecular weight excluding hydrogens is 1230 g/mol. The van der Waals surface area contributed by atoms with Crippen molar-refractivity contribution in [2.45, 2.75) is 130 Å². The fraction of sp³-hybridized carbons (Fsp3) is 0.250. The summed E-state index contributed by atoms with van der Waals surface area (Å²) in [5.41, 5.74) is 11.2. The molecule has 0 fully saturated rings. The van der Waals surface area contributed by atoms with E-state index < -0.39 is 51.9 Å². The molecule has 3 heterocycles. The molecule has 0 spiro atoms. The first-order valence-corrected chi connectivity index (χ1v) is 29.3. The number of hydrogen-bond acceptors (Lipinski definition) is 4. The number of fused-ring (bicyclic) bond motifs is 5. The zero-order valence-electron chi connectivity index (χ0n) is 63.1. The van der Waals surface area contributed by atoms with Crippen LogP contribution in [0.15, 0.2) is 200 Å². The van der Waals surface area contributed by atoms with E-state index in [1.54, 1.807) is 28.8 Å². The van der Waals surface area contributed by atoms with Crippen molar-refractivity contribution in [2.24, 2.45) is 0 Å². The Labute approximate surface area is 541 Å². The van der Waals surface area contributed by atoms with Gasteiger partial charge in [-0.2, -0.15) is 12.1 Å². The Morgan fingerprint density at radius 3 is 1.80 bits per heavy atom. The zero-order chi connectivity index (χ0) is 69.8. The molecule has 5 nitrogen and oxygen atoms in total. The third kappa shape index (κ3) is 10.7. The molecule has 11 aromatic rings. The number of para-hydroxylation sites is 3. The molecule has 0 atom stereocenters. The molecule has 0 saturated carbocycles. The third-order valence-electron chi connectivity index (χ3n) is 17.1. The van der Waals surface area contributed by atoms with Crippen molar-refractivity contribution in [2.75, 3.05) is 9.80 Å². The fourth-order valence-electron chi connectivity index (χ4n) is 12.1. The molecule has 1 aliphatic carbocycles. The maximum Gasteiger partial charge on any atom is 0.135 e. The summed E-state index contributed by atoms with van der Waals surface area (Å²) < 4.78 is 118. The second-order valence-corrected chi connectivity index (χ2v) is 27.2. The van der Waals surface area contributed by atoms with Crippen LogP contribution in [0.5, 0.6) is 11.5 Å². The largest absolute Gasteiger partial charge is 0.509 e. The summed E-state index contributed by atoms with van der Waals surface area (Å²) in [5.74, 6) is 0.768. The number of anilines is 4. The van der Waals surface area contributed by atoms with Crippen LogP contribution in [0.2, 0.25) is 0 Å². The van der Waals surface area contributed by atoms with Gasteiger partial charge in [0.05, 0.1) is 16.4 Å². The second-order valence-electron chi connectivity index (χ2n) is 27.2. The minimum Gasteiger partial charge on any atom is -0.509 e. The maximum atomic E-state index is 10.4. The van der Waals surface area contributed by atoms with Crippen LogP contribution in [0, 0.1) is 18.8 Å². The SMILES string of the molecule is [2H]c1c([2H])c([2H])c(-c2cnc(-n3c4[c-]c(Oc5[c-]c(N6[CH-]N(c7c(-c8ccc(-c9ccc(C(C)(C)C)cc9)cc8)cc(C(C)(C)C)cc7-c7c([2H])c([2H])c8c(c7[2H])C(C)(C)CCC8(C)C)c7ccccc76)ccc5)ccc4c4c([2H])c([2H])c([2H])c([2H])c43)cc2C(C)(C)C)c([2H])c1[2H].[Pt]. The van der Waals surface area contributed by atoms with Gasteiger partial charge < -0.3 is 19.1 Å². The average molecular weight is 1320 g/mol. The standard InChI is InChI=1S/C80H77N4O.Pt/c1-76(2,3)57-37-34-53(35-38-57)52-30-32-55(33-31-52)64-45-58(77(4,5)6)46-65(56-36-41-67-69(44-56)80(12,13)43-42-79(67,10)11)75(64)83-51-82(71-28-19-20-29-72(71)83)59-24-21-25-60(47-59)85-61-39-40-63-62-26-17-18-27-70(62)84(73(63)48-61)74-49-68(78(7,8)9)66(50-81-74)54-22-15-14-16-23-54;/h14-41,44-46,49-51H,42-43H2,1-13H3;/q-3;/i14D,15D,16D,17D,18D,22D,23D,26D,27D,36D,41D,44D;. The van der Waals surface area contributed by atoms with Crippen LogP contribution in [0.1, 0.15) is 147 Å². The fourth-order valence-corrected chi connectivity index (χ4v) is 12.1. The Morgan fingerprint density at radius 2 is 1.13 bits per heavy atom. The maximum absolute atomic E-state index is 10.4. The van der Waals surface area contributed by atoms with Crippen molar-refractivity contribution >= 4 is 44.6 Å². The van der Waals surface area contributed by atoms with E-state index >= 15 is 0 Å².